The Morgan fingerprint density at radius 2 is 1.01 bits per heavy atom. The molecule has 1 aromatic carbocycles. The summed E-state index contributed by atoms with van der Waals surface area (Å²) in [4.78, 5) is 315. The van der Waals surface area contributed by atoms with E-state index in [1.165, 1.54) is 65.5 Å². The van der Waals surface area contributed by atoms with Crippen molar-refractivity contribution in [2.45, 2.75) is 330 Å². The predicted octanol–water partition coefficient (Wildman–Crippen LogP) is 2.77. The van der Waals surface area contributed by atoms with E-state index in [9.17, 15) is 106 Å². The van der Waals surface area contributed by atoms with E-state index in [0.29, 0.717) is 16.5 Å². The summed E-state index contributed by atoms with van der Waals surface area (Å²) in [6, 6.07) is -7.04. The van der Waals surface area contributed by atoms with E-state index in [2.05, 4.69) is 63.5 Å². The molecular weight excluding hydrogens is 1840 g/mol. The molecule has 1 fully saturated rings. The lowest BCUT2D eigenvalue weighted by Gasteiger charge is -2.29. The van der Waals surface area contributed by atoms with Crippen LogP contribution in [0.1, 0.15) is 263 Å². The first-order chi connectivity index (χ1) is 66.6. The number of primary amides is 1. The van der Waals surface area contributed by atoms with Crippen LogP contribution in [-0.2, 0) is 112 Å². The summed E-state index contributed by atoms with van der Waals surface area (Å²) < 4.78 is 0. The number of amides is 11. The van der Waals surface area contributed by atoms with Crippen LogP contribution in [0.3, 0.4) is 0 Å². The summed E-state index contributed by atoms with van der Waals surface area (Å²) in [5.41, 5.74) is 17.9. The zero-order valence-electron chi connectivity index (χ0n) is 84.3. The fourth-order valence-corrected chi connectivity index (χ4v) is 17.1. The molecule has 11 amide bonds. The summed E-state index contributed by atoms with van der Waals surface area (Å²) in [5.74, 6) is -31.0. The summed E-state index contributed by atoms with van der Waals surface area (Å²) in [7, 11) is 0. The van der Waals surface area contributed by atoms with Crippen LogP contribution < -0.4 is 75.7 Å². The molecule has 43 heteroatoms. The first-order valence-corrected chi connectivity index (χ1v) is 49.1. The molecule has 2 aromatic rings. The van der Waals surface area contributed by atoms with E-state index in [1.807, 2.05) is 0 Å². The van der Waals surface area contributed by atoms with Crippen molar-refractivity contribution in [2.75, 3.05) is 19.6 Å². The number of aliphatic carboxylic acids is 2. The van der Waals surface area contributed by atoms with Crippen molar-refractivity contribution in [3.8, 4) is 0 Å². The summed E-state index contributed by atoms with van der Waals surface area (Å²) in [5, 5.41) is 76.1. The molecular formula is C99H152N18O25. The SMILES string of the molecule is CCC(C)[C@@H]1CC(=O)[C@H](C)NC(=O)C(CC(=O)[C@H](C)NC(C)=O)CC=CC[C@@H](C(=O)C[C@@H](C)C(=O)O)CC(=O)C(C)NC(=O)[C@H](CCCNC(=N)N)CC(=O)C(C)NC(=O)[C@H](C)CC(=O)[C@H](CC(C)C)NC(=O)[C@H](Cc2c[nH]c3ccccc23)NC(=O)[C@H](CCC(N)=O)NC(=O)[C@H](CCCNC(=N)N)CC(=O)[C@H](CC(C)C)NC(=O)C([C@@H](C)O)CC(=O)[C@@H]2CCCN2C(=O)CCC(=O)[C@H](CCC(=O)O)NC1=O. The fraction of sp³-hybridized carbons (Fsp3) is 0.657. The average molecular weight is 1990 g/mol. The number of guanidine groups is 2. The smallest absolute Gasteiger partial charge is 0.306 e. The summed E-state index contributed by atoms with van der Waals surface area (Å²) >= 11 is 0. The highest BCUT2D eigenvalue weighted by Gasteiger charge is 2.43. The standard InChI is InChI=1S/C99H152N18O25/c1-15-53(6)68-48-81(124)59(12)111-90(134)63(45-79(122)56(9)108-61(14)119)24-17-16-23-62(82(125)42-55(8)97(141)142)44-78(121)58(11)110-91(135)64(25-20-36-105-98(101)102)46-80(123)57(10)109-89(133)54(7)41-83(126)73(39-51(2)3)115-96(140)75(43-66-50-107-70-28-19-18-27-67(66)70)116-95(139)72(30-33-86(100)129)113-92(136)65(26-21-37-106-99(103)104)47-84(127)74(40-52(4)5)114-94(138)69(60(13)118)49-85(128)76-29-22-38-117(76)87(130)34-32-77(120)71(112-93(68)137)31-35-88(131)132/h16-19,27-28,50-60,62-65,68-69,71-76,107,118H,15,20-26,29-49H2,1-14H3,(H2,100,129)(H,108,119)(H,109,133)(H,110,135)(H,111,134)(H,112,137)(H,113,136)(H,114,138)(H,115,140)(H,116,139)(H,131,132)(H,141,142)(H4,101,102,105)(H4,103,104,106)/t53?,54-,55-,56+,57?,58?,59+,60-,62-,63?,64-,65-,68+,69?,71+,72+,73+,74+,75+,76+/m1/s1. The number of nitrogens with one attached hydrogen (secondary N) is 14. The highest BCUT2D eigenvalue weighted by Crippen LogP contribution is 2.30. The van der Waals surface area contributed by atoms with Crippen molar-refractivity contribution in [3.63, 3.8) is 0 Å². The number of aromatic amines is 1. The number of aliphatic hydroxyl groups excluding tert-OH is 1. The van der Waals surface area contributed by atoms with Gasteiger partial charge < -0.3 is 101 Å². The molecule has 2 aliphatic rings. The molecule has 0 saturated carbocycles. The Bertz CT molecular complexity index is 4850. The van der Waals surface area contributed by atoms with E-state index >= 15 is 14.4 Å². The van der Waals surface area contributed by atoms with Gasteiger partial charge in [-0.2, -0.15) is 0 Å². The molecule has 5 unspecified atom stereocenters. The van der Waals surface area contributed by atoms with Gasteiger partial charge in [-0.25, -0.2) is 0 Å². The minimum absolute atomic E-state index is 0.00231. The first-order valence-electron chi connectivity index (χ1n) is 49.1. The number of para-hydroxylation sites is 1. The van der Waals surface area contributed by atoms with Crippen molar-refractivity contribution in [3.05, 3.63) is 48.2 Å². The third kappa shape index (κ3) is 42.1. The number of Topliss-reactive ketones (excluding diaryl/α,β-unsaturated/α-hetero) is 9. The van der Waals surface area contributed by atoms with Gasteiger partial charge in [0.2, 0.25) is 65.0 Å². The molecule has 43 nitrogen and oxygen atoms in total. The van der Waals surface area contributed by atoms with Gasteiger partial charge in [0, 0.05) is 163 Å². The average Bonchev–Trinajstić information content (AvgIpc) is 1.67. The van der Waals surface area contributed by atoms with Crippen LogP contribution in [0.25, 0.3) is 10.9 Å². The zero-order valence-corrected chi connectivity index (χ0v) is 84.3. The molecule has 0 aliphatic carbocycles. The van der Waals surface area contributed by atoms with Crippen LogP contribution in [0.15, 0.2) is 42.6 Å². The molecule has 1 aromatic heterocycles. The highest BCUT2D eigenvalue weighted by atomic mass is 16.4. The monoisotopic (exact) mass is 1990 g/mol. The number of nitrogens with two attached hydrogens (primary N) is 3. The van der Waals surface area contributed by atoms with E-state index in [1.54, 1.807) is 72.0 Å². The van der Waals surface area contributed by atoms with Crippen LogP contribution in [0.2, 0.25) is 0 Å². The molecule has 4 rings (SSSR count). The Labute approximate surface area is 828 Å². The molecule has 0 radical (unpaired) electrons. The van der Waals surface area contributed by atoms with E-state index in [4.69, 9.17) is 28.0 Å². The Balaban J connectivity index is 1.89. The second kappa shape index (κ2) is 60.4. The Hall–Kier alpha value is -12.9. The van der Waals surface area contributed by atoms with Gasteiger partial charge >= 0.3 is 11.9 Å². The molecule has 20 atom stereocenters. The number of hydrogen-bond donors (Lipinski definition) is 20. The number of hydrogen-bond acceptors (Lipinski definition) is 25. The number of carboxylic acids is 2. The van der Waals surface area contributed by atoms with Gasteiger partial charge in [0.1, 0.15) is 17.9 Å². The summed E-state index contributed by atoms with van der Waals surface area (Å²) in [6.07, 6.45) is -5.50. The predicted molar refractivity (Wildman–Crippen MR) is 523 cm³/mol. The molecule has 142 heavy (non-hydrogen) atoms. The molecule has 0 bridgehead atoms. The lowest BCUT2D eigenvalue weighted by atomic mass is 9.85. The Morgan fingerprint density at radius 1 is 0.521 bits per heavy atom. The second-order valence-electron chi connectivity index (χ2n) is 38.9. The van der Waals surface area contributed by atoms with E-state index in [-0.39, 0.29) is 109 Å². The first kappa shape index (κ1) is 121. The van der Waals surface area contributed by atoms with Gasteiger partial charge in [-0.05, 0) is 141 Å². The van der Waals surface area contributed by atoms with Crippen molar-refractivity contribution >= 4 is 152 Å². The Kier molecular flexibility index (Phi) is 51.7. The van der Waals surface area contributed by atoms with Crippen LogP contribution in [0.5, 0.6) is 0 Å². The number of aromatic nitrogens is 1. The van der Waals surface area contributed by atoms with Crippen LogP contribution in [0.4, 0.5) is 0 Å². The maximum atomic E-state index is 15.2. The molecule has 3 heterocycles. The topological polar surface area (TPSA) is 713 Å². The number of aliphatic hydroxyl groups is 1. The number of allylic oxidation sites excluding steroid dienone is 2. The lowest BCUT2D eigenvalue weighted by molar-refractivity contribution is -0.143. The fourth-order valence-electron chi connectivity index (χ4n) is 17.1. The number of nitrogens with zero attached hydrogens (tertiary/aromatic N) is 1. The molecule has 1 saturated heterocycles. The van der Waals surface area contributed by atoms with E-state index in [0.717, 1.165) is 6.92 Å². The number of carboxylic acid groups (broad SMARTS) is 2. The summed E-state index contributed by atoms with van der Waals surface area (Å²) in [6.45, 7) is 20.7. The van der Waals surface area contributed by atoms with Crippen LogP contribution >= 0.6 is 0 Å². The third-order valence-electron chi connectivity index (χ3n) is 25.9. The van der Waals surface area contributed by atoms with E-state index < -0.39 is 351 Å². The number of carbonyl (C=O) groups excluding carboxylic acids is 20. The van der Waals surface area contributed by atoms with Crippen molar-refractivity contribution in [1.29, 1.82) is 10.8 Å². The Morgan fingerprint density at radius 3 is 1.56 bits per heavy atom. The van der Waals surface area contributed by atoms with Gasteiger partial charge in [-0.1, -0.05) is 92.2 Å². The van der Waals surface area contributed by atoms with Crippen LogP contribution in [-0.4, -0.2) is 252 Å². The number of rotatable bonds is 31. The van der Waals surface area contributed by atoms with Crippen molar-refractivity contribution in [1.82, 2.24) is 68.4 Å². The number of benzene rings is 1. The number of H-pyrrole nitrogens is 1. The van der Waals surface area contributed by atoms with Gasteiger partial charge in [0.15, 0.2) is 58.2 Å². The molecule has 23 N–H and O–H groups in total. The third-order valence-corrected chi connectivity index (χ3v) is 25.9. The van der Waals surface area contributed by atoms with Gasteiger partial charge in [0.25, 0.3) is 0 Å². The minimum Gasteiger partial charge on any atom is -0.481 e. The normalized spacial score (nSPS) is 25.7. The number of fused-ring (bicyclic) bond motifs is 2. The molecule has 0 spiro atoms. The minimum atomic E-state index is -1.69. The number of ketones is 9. The zero-order chi connectivity index (χ0) is 107. The second-order valence-corrected chi connectivity index (χ2v) is 38.9. The maximum absolute atomic E-state index is 15.2. The van der Waals surface area contributed by atoms with Gasteiger partial charge in [0.05, 0.1) is 66.3 Å². The molecule has 2 aliphatic heterocycles. The highest BCUT2D eigenvalue weighted by molar-refractivity contribution is 6.02. The van der Waals surface area contributed by atoms with Crippen molar-refractivity contribution in [2.24, 2.45) is 82.3 Å². The van der Waals surface area contributed by atoms with Gasteiger partial charge in [-0.3, -0.25) is 116 Å². The lowest BCUT2D eigenvalue weighted by Crippen LogP contribution is -2.57. The van der Waals surface area contributed by atoms with Gasteiger partial charge in [-0.15, -0.1) is 0 Å². The molecule has 788 valence electrons. The van der Waals surface area contributed by atoms with Crippen LogP contribution in [0, 0.1) is 75.9 Å². The number of carbonyl (C=O) groups is 22. The quantitative estimate of drug-likeness (QED) is 0.0223. The maximum Gasteiger partial charge on any atom is 0.306 e. The van der Waals surface area contributed by atoms with Crippen molar-refractivity contribution < 1.29 is 121 Å². The largest absolute Gasteiger partial charge is 0.481 e.